The van der Waals surface area contributed by atoms with E-state index in [0.717, 1.165) is 32.4 Å². The number of ether oxygens (including phenoxy) is 1. The molecule has 1 rings (SSSR count). The maximum Gasteiger partial charge on any atom is 0.0672 e. The summed E-state index contributed by atoms with van der Waals surface area (Å²) < 4.78 is 4.98. The average Bonchev–Trinajstić information content (AvgIpc) is 2.65. The van der Waals surface area contributed by atoms with Crippen molar-refractivity contribution in [1.82, 2.24) is 5.32 Å². The highest BCUT2D eigenvalue weighted by Crippen LogP contribution is 2.24. The second-order valence-electron chi connectivity index (χ2n) is 3.93. The molecule has 0 aliphatic heterocycles. The number of hydrogen-bond acceptors (Lipinski definition) is 3. The Kier molecular flexibility index (Phi) is 5.58. The molecule has 0 bridgehead atoms. The van der Waals surface area contributed by atoms with Gasteiger partial charge in [0, 0.05) is 19.8 Å². The van der Waals surface area contributed by atoms with Gasteiger partial charge in [-0.15, -0.1) is 0 Å². The van der Waals surface area contributed by atoms with E-state index in [4.69, 9.17) is 10.00 Å². The highest BCUT2D eigenvalue weighted by Gasteiger charge is 2.25. The van der Waals surface area contributed by atoms with Crippen molar-refractivity contribution in [2.24, 2.45) is 5.92 Å². The van der Waals surface area contributed by atoms with Gasteiger partial charge < -0.3 is 10.1 Å². The predicted octanol–water partition coefficient (Wildman–Crippen LogP) is 1.69. The number of hydrogen-bond donors (Lipinski definition) is 1. The number of unbranched alkanes of at least 4 members (excludes halogenated alkanes) is 1. The molecule has 0 aromatic rings. The summed E-state index contributed by atoms with van der Waals surface area (Å²) in [6, 6.07) is 2.83. The van der Waals surface area contributed by atoms with Gasteiger partial charge in [0.2, 0.25) is 0 Å². The van der Waals surface area contributed by atoms with E-state index < -0.39 is 0 Å². The smallest absolute Gasteiger partial charge is 0.0672 e. The van der Waals surface area contributed by atoms with Crippen LogP contribution in [0.3, 0.4) is 0 Å². The molecule has 0 radical (unpaired) electrons. The molecule has 2 unspecified atom stereocenters. The van der Waals surface area contributed by atoms with Crippen LogP contribution in [0.4, 0.5) is 0 Å². The number of nitriles is 1. The van der Waals surface area contributed by atoms with Crippen molar-refractivity contribution in [3.8, 4) is 6.07 Å². The molecule has 14 heavy (non-hydrogen) atoms. The van der Waals surface area contributed by atoms with Gasteiger partial charge in [-0.3, -0.25) is 0 Å². The number of nitrogens with one attached hydrogen (secondary N) is 1. The number of methoxy groups -OCH3 is 1. The van der Waals surface area contributed by atoms with Crippen LogP contribution >= 0.6 is 0 Å². The fraction of sp³-hybridized carbons (Fsp3) is 0.909. The summed E-state index contributed by atoms with van der Waals surface area (Å²) in [6.45, 7) is 1.86. The molecule has 1 N–H and O–H groups in total. The molecule has 1 saturated carbocycles. The highest BCUT2D eigenvalue weighted by atomic mass is 16.5. The molecule has 0 aromatic heterocycles. The van der Waals surface area contributed by atoms with Gasteiger partial charge in [-0.1, -0.05) is 6.42 Å². The van der Waals surface area contributed by atoms with E-state index in [2.05, 4.69) is 11.4 Å². The summed E-state index contributed by atoms with van der Waals surface area (Å²) in [4.78, 5) is 0. The minimum absolute atomic E-state index is 0.248. The molecule has 3 heteroatoms. The molecule has 1 fully saturated rings. The van der Waals surface area contributed by atoms with Crippen LogP contribution < -0.4 is 5.32 Å². The van der Waals surface area contributed by atoms with Gasteiger partial charge in [-0.05, 0) is 32.2 Å². The van der Waals surface area contributed by atoms with E-state index in [1.165, 1.54) is 12.8 Å². The third kappa shape index (κ3) is 3.65. The van der Waals surface area contributed by atoms with Gasteiger partial charge in [-0.2, -0.15) is 5.26 Å². The van der Waals surface area contributed by atoms with Crippen LogP contribution in [0.25, 0.3) is 0 Å². The molecule has 0 aromatic carbocycles. The molecule has 0 saturated heterocycles. The van der Waals surface area contributed by atoms with Gasteiger partial charge in [0.05, 0.1) is 12.0 Å². The second kappa shape index (κ2) is 6.80. The van der Waals surface area contributed by atoms with Crippen LogP contribution in [0.15, 0.2) is 0 Å². The van der Waals surface area contributed by atoms with E-state index in [1.54, 1.807) is 7.11 Å². The molecule has 80 valence electrons. The summed E-state index contributed by atoms with van der Waals surface area (Å²) in [5, 5.41) is 12.3. The molecule has 0 heterocycles. The molecular formula is C11H20N2O. The Balaban J connectivity index is 2.03. The molecule has 0 spiro atoms. The van der Waals surface area contributed by atoms with Crippen LogP contribution in [0, 0.1) is 17.2 Å². The fourth-order valence-corrected chi connectivity index (χ4v) is 2.02. The number of rotatable bonds is 6. The predicted molar refractivity (Wildman–Crippen MR) is 55.9 cm³/mol. The van der Waals surface area contributed by atoms with Gasteiger partial charge in [0.15, 0.2) is 0 Å². The van der Waals surface area contributed by atoms with E-state index in [1.807, 2.05) is 0 Å². The summed E-state index contributed by atoms with van der Waals surface area (Å²) in [5.41, 5.74) is 0. The lowest BCUT2D eigenvalue weighted by molar-refractivity contribution is 0.192. The maximum atomic E-state index is 8.87. The summed E-state index contributed by atoms with van der Waals surface area (Å²) in [5.74, 6) is 0.248. The normalized spacial score (nSPS) is 26.3. The van der Waals surface area contributed by atoms with Gasteiger partial charge in [-0.25, -0.2) is 0 Å². The molecule has 1 aliphatic rings. The monoisotopic (exact) mass is 196 g/mol. The van der Waals surface area contributed by atoms with Crippen molar-refractivity contribution in [2.45, 2.75) is 38.1 Å². The zero-order chi connectivity index (χ0) is 10.2. The van der Waals surface area contributed by atoms with Crippen LogP contribution in [0.2, 0.25) is 0 Å². The Bertz CT molecular complexity index is 188. The van der Waals surface area contributed by atoms with Gasteiger partial charge >= 0.3 is 0 Å². The van der Waals surface area contributed by atoms with Crippen molar-refractivity contribution in [2.75, 3.05) is 20.3 Å². The Morgan fingerprint density at radius 1 is 1.43 bits per heavy atom. The first-order valence-electron chi connectivity index (χ1n) is 5.50. The Morgan fingerprint density at radius 3 is 3.00 bits per heavy atom. The average molecular weight is 196 g/mol. The van der Waals surface area contributed by atoms with Crippen LogP contribution in [0.5, 0.6) is 0 Å². The third-order valence-corrected chi connectivity index (χ3v) is 2.86. The second-order valence-corrected chi connectivity index (χ2v) is 3.93. The summed E-state index contributed by atoms with van der Waals surface area (Å²) in [6.07, 6.45) is 5.69. The van der Waals surface area contributed by atoms with E-state index >= 15 is 0 Å². The quantitative estimate of drug-likeness (QED) is 0.658. The van der Waals surface area contributed by atoms with Crippen molar-refractivity contribution < 1.29 is 4.74 Å². The van der Waals surface area contributed by atoms with Crippen LogP contribution in [-0.2, 0) is 4.74 Å². The molecule has 0 amide bonds. The first-order valence-corrected chi connectivity index (χ1v) is 5.50. The zero-order valence-corrected chi connectivity index (χ0v) is 8.96. The Morgan fingerprint density at radius 2 is 2.29 bits per heavy atom. The molecular weight excluding hydrogens is 176 g/mol. The Labute approximate surface area is 86.4 Å². The van der Waals surface area contributed by atoms with Gasteiger partial charge in [0.25, 0.3) is 0 Å². The third-order valence-electron chi connectivity index (χ3n) is 2.86. The summed E-state index contributed by atoms with van der Waals surface area (Å²) in [7, 11) is 1.73. The largest absolute Gasteiger partial charge is 0.385 e. The lowest BCUT2D eigenvalue weighted by Gasteiger charge is -2.15. The zero-order valence-electron chi connectivity index (χ0n) is 8.96. The molecule has 2 atom stereocenters. The van der Waals surface area contributed by atoms with Crippen LogP contribution in [0.1, 0.15) is 32.1 Å². The lowest BCUT2D eigenvalue weighted by Crippen LogP contribution is -2.32. The van der Waals surface area contributed by atoms with Crippen LogP contribution in [-0.4, -0.2) is 26.3 Å². The standard InChI is InChI=1S/C11H20N2O/c1-14-8-3-2-7-13-11-6-4-5-10(11)9-12/h10-11,13H,2-8H2,1H3. The first-order chi connectivity index (χ1) is 6.88. The van der Waals surface area contributed by atoms with Crippen molar-refractivity contribution in [3.63, 3.8) is 0 Å². The van der Waals surface area contributed by atoms with Crippen molar-refractivity contribution in [1.29, 1.82) is 5.26 Å². The number of nitrogens with zero attached hydrogens (tertiary/aromatic N) is 1. The summed E-state index contributed by atoms with van der Waals surface area (Å²) >= 11 is 0. The topological polar surface area (TPSA) is 45.0 Å². The minimum Gasteiger partial charge on any atom is -0.385 e. The lowest BCUT2D eigenvalue weighted by atomic mass is 10.1. The highest BCUT2D eigenvalue weighted by molar-refractivity contribution is 4.96. The van der Waals surface area contributed by atoms with E-state index in [-0.39, 0.29) is 5.92 Å². The van der Waals surface area contributed by atoms with E-state index in [9.17, 15) is 0 Å². The minimum atomic E-state index is 0.248. The first kappa shape index (κ1) is 11.5. The van der Waals surface area contributed by atoms with E-state index in [0.29, 0.717) is 6.04 Å². The Hall–Kier alpha value is -0.590. The van der Waals surface area contributed by atoms with Crippen molar-refractivity contribution in [3.05, 3.63) is 0 Å². The SMILES string of the molecule is COCCCCNC1CCCC1C#N. The fourth-order valence-electron chi connectivity index (χ4n) is 2.02. The molecule has 1 aliphatic carbocycles. The van der Waals surface area contributed by atoms with Gasteiger partial charge in [0.1, 0.15) is 0 Å². The molecule has 3 nitrogen and oxygen atoms in total. The van der Waals surface area contributed by atoms with Crippen molar-refractivity contribution >= 4 is 0 Å². The maximum absolute atomic E-state index is 8.87.